The van der Waals surface area contributed by atoms with Gasteiger partial charge < -0.3 is 5.32 Å². The molecule has 25 heavy (non-hydrogen) atoms. The molecule has 4 rings (SSSR count). The van der Waals surface area contributed by atoms with Gasteiger partial charge >= 0.3 is 0 Å². The van der Waals surface area contributed by atoms with Crippen LogP contribution in [0.5, 0.6) is 0 Å². The number of aromatic nitrogens is 2. The van der Waals surface area contributed by atoms with Crippen LogP contribution in [0.1, 0.15) is 35.1 Å². The zero-order valence-electron chi connectivity index (χ0n) is 13.9. The van der Waals surface area contributed by atoms with Gasteiger partial charge in [0.15, 0.2) is 0 Å². The van der Waals surface area contributed by atoms with Crippen molar-refractivity contribution in [3.8, 4) is 0 Å². The molecule has 3 heterocycles. The summed E-state index contributed by atoms with van der Waals surface area (Å²) < 4.78 is 0. The molecule has 1 aliphatic rings. The minimum Gasteiger partial charge on any atom is -0.350 e. The molecule has 1 amide bonds. The molecular formula is C18H19N3OS3. The molecule has 7 heteroatoms. The van der Waals surface area contributed by atoms with E-state index in [1.807, 2.05) is 24.4 Å². The predicted molar refractivity (Wildman–Crippen MR) is 106 cm³/mol. The zero-order chi connectivity index (χ0) is 17.2. The van der Waals surface area contributed by atoms with Crippen LogP contribution in [-0.4, -0.2) is 21.1 Å². The first-order valence-corrected chi connectivity index (χ1v) is 11.0. The Balaban J connectivity index is 1.51. The van der Waals surface area contributed by atoms with Gasteiger partial charge in [-0.3, -0.25) is 4.79 Å². The first-order chi connectivity index (χ1) is 12.2. The Morgan fingerprint density at radius 3 is 3.08 bits per heavy atom. The molecule has 0 spiro atoms. The number of hydrogen-bond donors (Lipinski definition) is 1. The van der Waals surface area contributed by atoms with E-state index in [1.54, 1.807) is 40.8 Å². The number of fused-ring (bicyclic) bond motifs is 3. The van der Waals surface area contributed by atoms with Gasteiger partial charge in [-0.25, -0.2) is 9.97 Å². The molecule has 3 aromatic heterocycles. The van der Waals surface area contributed by atoms with Crippen LogP contribution in [0.15, 0.2) is 28.9 Å². The topological polar surface area (TPSA) is 54.9 Å². The van der Waals surface area contributed by atoms with Gasteiger partial charge in [0.2, 0.25) is 5.91 Å². The van der Waals surface area contributed by atoms with Crippen molar-refractivity contribution in [3.63, 3.8) is 0 Å². The summed E-state index contributed by atoms with van der Waals surface area (Å²) in [5.74, 6) is 0.0502. The number of amides is 1. The summed E-state index contributed by atoms with van der Waals surface area (Å²) in [6.45, 7) is 2.54. The third-order valence-corrected chi connectivity index (χ3v) is 7.57. The number of thioether (sulfide) groups is 1. The van der Waals surface area contributed by atoms with Crippen LogP contribution < -0.4 is 5.32 Å². The summed E-state index contributed by atoms with van der Waals surface area (Å²) >= 11 is 5.00. The minimum atomic E-state index is -0.183. The number of hydrogen-bond acceptors (Lipinski definition) is 6. The highest BCUT2D eigenvalue weighted by atomic mass is 32.2. The minimum absolute atomic E-state index is 0.0502. The maximum atomic E-state index is 12.4. The van der Waals surface area contributed by atoms with Gasteiger partial charge in [0.05, 0.1) is 11.8 Å². The van der Waals surface area contributed by atoms with Crippen LogP contribution in [0, 0.1) is 0 Å². The van der Waals surface area contributed by atoms with E-state index >= 15 is 0 Å². The zero-order valence-corrected chi connectivity index (χ0v) is 16.4. The number of rotatable bonds is 5. The van der Waals surface area contributed by atoms with E-state index in [1.165, 1.54) is 33.5 Å². The number of nitrogens with one attached hydrogen (secondary N) is 1. The number of aryl methyl sites for hydroxylation is 2. The summed E-state index contributed by atoms with van der Waals surface area (Å²) in [4.78, 5) is 25.1. The Kier molecular flexibility index (Phi) is 5.05. The first-order valence-electron chi connectivity index (χ1n) is 8.44. The van der Waals surface area contributed by atoms with Gasteiger partial charge in [0, 0.05) is 15.1 Å². The van der Waals surface area contributed by atoms with Crippen molar-refractivity contribution < 1.29 is 4.79 Å². The van der Waals surface area contributed by atoms with Crippen LogP contribution >= 0.6 is 34.4 Å². The Hall–Kier alpha value is -1.44. The second-order valence-corrected chi connectivity index (χ2v) is 9.57. The van der Waals surface area contributed by atoms with E-state index in [0.717, 1.165) is 22.7 Å². The van der Waals surface area contributed by atoms with Crippen LogP contribution in [0.2, 0.25) is 0 Å². The number of thiophene rings is 2. The highest BCUT2D eigenvalue weighted by Gasteiger charge is 2.22. The molecule has 130 valence electrons. The molecule has 0 bridgehead atoms. The molecule has 4 nitrogen and oxygen atoms in total. The number of nitrogens with zero attached hydrogens (tertiary/aromatic N) is 2. The van der Waals surface area contributed by atoms with Crippen LogP contribution in [0.25, 0.3) is 10.2 Å². The summed E-state index contributed by atoms with van der Waals surface area (Å²) in [5, 5.41) is 6.99. The fourth-order valence-electron chi connectivity index (χ4n) is 3.10. The average molecular weight is 390 g/mol. The van der Waals surface area contributed by atoms with Crippen LogP contribution in [0.4, 0.5) is 0 Å². The normalized spacial score (nSPS) is 15.1. The fraction of sp³-hybridized carbons (Fsp3) is 0.389. The Labute approximate surface area is 159 Å². The maximum Gasteiger partial charge on any atom is 0.233 e. The SMILES string of the molecule is C[C@H](Sc1ncnc2sc3c(c12)CCCC3)C(=O)NCc1cccs1. The summed E-state index contributed by atoms with van der Waals surface area (Å²) in [6.07, 6.45) is 6.38. The first kappa shape index (κ1) is 17.0. The lowest BCUT2D eigenvalue weighted by Crippen LogP contribution is -2.30. The van der Waals surface area contributed by atoms with Crippen molar-refractivity contribution in [2.24, 2.45) is 0 Å². The quantitative estimate of drug-likeness (QED) is 0.518. The molecule has 3 aromatic rings. The maximum absolute atomic E-state index is 12.4. The van der Waals surface area contributed by atoms with Gasteiger partial charge in [0.25, 0.3) is 0 Å². The standard InChI is InChI=1S/C18H19N3OS3/c1-11(16(22)19-9-12-5-4-8-23-12)24-17-15-13-6-2-3-7-14(13)25-18(15)21-10-20-17/h4-5,8,10-11H,2-3,6-7,9H2,1H3,(H,19,22)/t11-/m0/s1. The third-order valence-electron chi connectivity index (χ3n) is 4.39. The van der Waals surface area contributed by atoms with Crippen LogP contribution in [0.3, 0.4) is 0 Å². The average Bonchev–Trinajstić information content (AvgIpc) is 3.27. The van der Waals surface area contributed by atoms with E-state index in [9.17, 15) is 4.79 Å². The van der Waals surface area contributed by atoms with E-state index in [-0.39, 0.29) is 11.2 Å². The van der Waals surface area contributed by atoms with Gasteiger partial charge in [-0.15, -0.1) is 22.7 Å². The van der Waals surface area contributed by atoms with Gasteiger partial charge in [-0.1, -0.05) is 17.8 Å². The monoisotopic (exact) mass is 389 g/mol. The van der Waals surface area contributed by atoms with Crippen molar-refractivity contribution in [2.45, 2.75) is 49.4 Å². The summed E-state index contributed by atoms with van der Waals surface area (Å²) in [5.41, 5.74) is 1.42. The molecular weight excluding hydrogens is 370 g/mol. The molecule has 0 unspecified atom stereocenters. The fourth-order valence-corrected chi connectivity index (χ4v) is 6.01. The predicted octanol–water partition coefficient (Wildman–Crippen LogP) is 4.43. The molecule has 0 fully saturated rings. The smallest absolute Gasteiger partial charge is 0.233 e. The summed E-state index contributed by atoms with van der Waals surface area (Å²) in [6, 6.07) is 4.04. The lowest BCUT2D eigenvalue weighted by Gasteiger charge is -2.14. The molecule has 1 atom stereocenters. The van der Waals surface area contributed by atoms with Crippen molar-refractivity contribution in [2.75, 3.05) is 0 Å². The Morgan fingerprint density at radius 2 is 2.24 bits per heavy atom. The van der Waals surface area contributed by atoms with E-state index in [2.05, 4.69) is 15.3 Å². The Morgan fingerprint density at radius 1 is 1.36 bits per heavy atom. The molecule has 1 N–H and O–H groups in total. The molecule has 0 aromatic carbocycles. The van der Waals surface area contributed by atoms with Gasteiger partial charge in [-0.05, 0) is 49.6 Å². The van der Waals surface area contributed by atoms with Crippen molar-refractivity contribution in [1.82, 2.24) is 15.3 Å². The number of carbonyl (C=O) groups excluding carboxylic acids is 1. The summed E-state index contributed by atoms with van der Waals surface area (Å²) in [7, 11) is 0. The third kappa shape index (κ3) is 3.59. The lowest BCUT2D eigenvalue weighted by molar-refractivity contribution is -0.120. The van der Waals surface area contributed by atoms with Crippen molar-refractivity contribution >= 4 is 50.6 Å². The highest BCUT2D eigenvalue weighted by Crippen LogP contribution is 2.40. The Bertz CT molecular complexity index is 888. The van der Waals surface area contributed by atoms with E-state index < -0.39 is 0 Å². The molecule has 0 saturated carbocycles. The second kappa shape index (κ2) is 7.43. The van der Waals surface area contributed by atoms with E-state index in [0.29, 0.717) is 6.54 Å². The largest absolute Gasteiger partial charge is 0.350 e. The molecule has 0 aliphatic heterocycles. The van der Waals surface area contributed by atoms with Gasteiger partial charge in [-0.2, -0.15) is 0 Å². The molecule has 0 radical (unpaired) electrons. The lowest BCUT2D eigenvalue weighted by atomic mass is 9.97. The van der Waals surface area contributed by atoms with Crippen LogP contribution in [-0.2, 0) is 24.2 Å². The van der Waals surface area contributed by atoms with Gasteiger partial charge in [0.1, 0.15) is 16.2 Å². The molecule has 1 aliphatic carbocycles. The second-order valence-electron chi connectivity index (χ2n) is 6.13. The molecule has 0 saturated heterocycles. The number of carbonyl (C=O) groups is 1. The van der Waals surface area contributed by atoms with Crippen molar-refractivity contribution in [1.29, 1.82) is 0 Å². The van der Waals surface area contributed by atoms with E-state index in [4.69, 9.17) is 0 Å². The van der Waals surface area contributed by atoms with Crippen molar-refractivity contribution in [3.05, 3.63) is 39.2 Å². The highest BCUT2D eigenvalue weighted by molar-refractivity contribution is 8.00.